The number of amides is 2. The summed E-state index contributed by atoms with van der Waals surface area (Å²) < 4.78 is 6.18. The van der Waals surface area contributed by atoms with Gasteiger partial charge in [-0.25, -0.2) is 4.98 Å². The summed E-state index contributed by atoms with van der Waals surface area (Å²) in [5, 5.41) is 3.50. The quantitative estimate of drug-likeness (QED) is 0.908. The molecule has 1 aliphatic heterocycles. The van der Waals surface area contributed by atoms with Crippen molar-refractivity contribution >= 4 is 38.5 Å². The number of likely N-dealkylation sites (tertiary alicyclic amines) is 1. The second-order valence-electron chi connectivity index (χ2n) is 6.62. The highest BCUT2D eigenvalue weighted by molar-refractivity contribution is 7.22. The molecule has 0 spiro atoms. The highest BCUT2D eigenvalue weighted by atomic mass is 32.1. The molecule has 1 aliphatic rings. The molecule has 1 N–H and O–H groups in total. The first kappa shape index (κ1) is 17.7. The zero-order chi connectivity index (χ0) is 18.0. The summed E-state index contributed by atoms with van der Waals surface area (Å²) in [6, 6.07) is 5.64. The van der Waals surface area contributed by atoms with E-state index in [-0.39, 0.29) is 23.7 Å². The maximum absolute atomic E-state index is 12.6. The lowest BCUT2D eigenvalue weighted by Gasteiger charge is -2.33. The van der Waals surface area contributed by atoms with Crippen LogP contribution in [0.5, 0.6) is 5.75 Å². The maximum atomic E-state index is 12.6. The zero-order valence-electron chi connectivity index (χ0n) is 14.7. The summed E-state index contributed by atoms with van der Waals surface area (Å²) in [5.41, 5.74) is 0.835. The number of methoxy groups -OCH3 is 1. The van der Waals surface area contributed by atoms with Crippen molar-refractivity contribution in [1.82, 2.24) is 9.88 Å². The lowest BCUT2D eigenvalue weighted by atomic mass is 9.96. The van der Waals surface area contributed by atoms with Crippen LogP contribution in [-0.4, -0.2) is 41.9 Å². The van der Waals surface area contributed by atoms with Crippen LogP contribution in [0.2, 0.25) is 0 Å². The van der Waals surface area contributed by atoms with E-state index in [1.807, 2.05) is 36.9 Å². The van der Waals surface area contributed by atoms with Crippen LogP contribution in [0.25, 0.3) is 10.2 Å². The number of thiazole rings is 1. The smallest absolute Gasteiger partial charge is 0.231 e. The Balaban J connectivity index is 1.68. The summed E-state index contributed by atoms with van der Waals surface area (Å²) in [6.45, 7) is 5.01. The van der Waals surface area contributed by atoms with E-state index >= 15 is 0 Å². The fourth-order valence-corrected chi connectivity index (χ4v) is 3.95. The van der Waals surface area contributed by atoms with Gasteiger partial charge in [0.2, 0.25) is 11.8 Å². The van der Waals surface area contributed by atoms with E-state index in [1.54, 1.807) is 7.11 Å². The number of anilines is 1. The van der Waals surface area contributed by atoms with E-state index in [0.717, 1.165) is 35.4 Å². The van der Waals surface area contributed by atoms with Crippen LogP contribution in [0, 0.1) is 11.8 Å². The van der Waals surface area contributed by atoms with Gasteiger partial charge in [0, 0.05) is 19.0 Å². The molecule has 1 aromatic heterocycles. The minimum atomic E-state index is -0.182. The molecule has 7 heteroatoms. The Morgan fingerprint density at radius 2 is 2.20 bits per heavy atom. The van der Waals surface area contributed by atoms with E-state index in [9.17, 15) is 9.59 Å². The third kappa shape index (κ3) is 3.92. The fourth-order valence-electron chi connectivity index (χ4n) is 3.05. The highest BCUT2D eigenvalue weighted by Gasteiger charge is 2.29. The van der Waals surface area contributed by atoms with Gasteiger partial charge in [-0.05, 0) is 31.0 Å². The second kappa shape index (κ2) is 7.39. The molecule has 2 heterocycles. The average molecular weight is 361 g/mol. The standard InChI is InChI=1S/C18H23N3O3S/c1-11(2)17(23)21-8-4-5-12(10-21)16(22)20-18-19-14-7-6-13(24-3)9-15(14)25-18/h6-7,9,11-12H,4-5,8,10H2,1-3H3,(H,19,20,22). The molecule has 1 unspecified atom stereocenters. The summed E-state index contributed by atoms with van der Waals surface area (Å²) in [6.07, 6.45) is 1.65. The van der Waals surface area contributed by atoms with E-state index < -0.39 is 0 Å². The normalized spacial score (nSPS) is 17.8. The molecule has 1 atom stereocenters. The fraction of sp³-hybridized carbons (Fsp3) is 0.500. The van der Waals surface area contributed by atoms with Gasteiger partial charge < -0.3 is 15.0 Å². The summed E-state index contributed by atoms with van der Waals surface area (Å²) in [4.78, 5) is 31.0. The van der Waals surface area contributed by atoms with Crippen LogP contribution in [0.3, 0.4) is 0 Å². The predicted octanol–water partition coefficient (Wildman–Crippen LogP) is 3.14. The number of aromatic nitrogens is 1. The number of piperidine rings is 1. The molecule has 0 saturated carbocycles. The number of rotatable bonds is 4. The SMILES string of the molecule is COc1ccc2nc(NC(=O)C3CCCN(C(=O)C(C)C)C3)sc2c1. The predicted molar refractivity (Wildman–Crippen MR) is 98.9 cm³/mol. The number of nitrogens with zero attached hydrogens (tertiary/aromatic N) is 2. The van der Waals surface area contributed by atoms with Crippen LogP contribution in [0.4, 0.5) is 5.13 Å². The van der Waals surface area contributed by atoms with Crippen molar-refractivity contribution in [3.8, 4) is 5.75 Å². The molecule has 1 fully saturated rings. The van der Waals surface area contributed by atoms with Gasteiger partial charge in [0.05, 0.1) is 23.2 Å². The summed E-state index contributed by atoms with van der Waals surface area (Å²) in [7, 11) is 1.62. The molecule has 3 rings (SSSR count). The average Bonchev–Trinajstić information content (AvgIpc) is 3.02. The van der Waals surface area contributed by atoms with Crippen LogP contribution in [0.15, 0.2) is 18.2 Å². The number of fused-ring (bicyclic) bond motifs is 1. The Hall–Kier alpha value is -2.15. The van der Waals surface area contributed by atoms with Gasteiger partial charge in [-0.1, -0.05) is 25.2 Å². The van der Waals surface area contributed by atoms with E-state index in [4.69, 9.17) is 4.74 Å². The van der Waals surface area contributed by atoms with Gasteiger partial charge in [0.15, 0.2) is 5.13 Å². The van der Waals surface area contributed by atoms with Crippen molar-refractivity contribution in [2.45, 2.75) is 26.7 Å². The molecule has 1 saturated heterocycles. The van der Waals surface area contributed by atoms with Crippen molar-refractivity contribution in [2.75, 3.05) is 25.5 Å². The largest absolute Gasteiger partial charge is 0.497 e. The molecule has 2 aromatic rings. The third-order valence-corrected chi connectivity index (χ3v) is 5.36. The molecule has 25 heavy (non-hydrogen) atoms. The van der Waals surface area contributed by atoms with Crippen molar-refractivity contribution in [3.63, 3.8) is 0 Å². The Morgan fingerprint density at radius 3 is 2.92 bits per heavy atom. The topological polar surface area (TPSA) is 71.5 Å². The monoisotopic (exact) mass is 361 g/mol. The Kier molecular flexibility index (Phi) is 5.22. The molecule has 134 valence electrons. The van der Waals surface area contributed by atoms with Crippen LogP contribution < -0.4 is 10.1 Å². The molecular weight excluding hydrogens is 338 g/mol. The number of nitrogens with one attached hydrogen (secondary N) is 1. The number of hydrogen-bond donors (Lipinski definition) is 1. The summed E-state index contributed by atoms with van der Waals surface area (Å²) in [5.74, 6) is 0.597. The van der Waals surface area contributed by atoms with Crippen LogP contribution in [0.1, 0.15) is 26.7 Å². The first-order chi connectivity index (χ1) is 12.0. The Morgan fingerprint density at radius 1 is 1.40 bits per heavy atom. The second-order valence-corrected chi connectivity index (χ2v) is 7.65. The maximum Gasteiger partial charge on any atom is 0.231 e. The van der Waals surface area contributed by atoms with Crippen LogP contribution >= 0.6 is 11.3 Å². The molecule has 0 aliphatic carbocycles. The molecule has 2 amide bonds. The van der Waals surface area contributed by atoms with E-state index in [0.29, 0.717) is 11.7 Å². The minimum absolute atomic E-state index is 0.0407. The molecule has 0 bridgehead atoms. The summed E-state index contributed by atoms with van der Waals surface area (Å²) >= 11 is 1.43. The lowest BCUT2D eigenvalue weighted by molar-refractivity contribution is -0.137. The molecule has 1 aromatic carbocycles. The highest BCUT2D eigenvalue weighted by Crippen LogP contribution is 2.30. The van der Waals surface area contributed by atoms with Crippen molar-refractivity contribution in [1.29, 1.82) is 0 Å². The minimum Gasteiger partial charge on any atom is -0.497 e. The van der Waals surface area contributed by atoms with Crippen LogP contribution in [-0.2, 0) is 9.59 Å². The van der Waals surface area contributed by atoms with Gasteiger partial charge in [-0.3, -0.25) is 9.59 Å². The number of benzene rings is 1. The van der Waals surface area contributed by atoms with Gasteiger partial charge in [-0.2, -0.15) is 0 Å². The third-order valence-electron chi connectivity index (χ3n) is 4.42. The van der Waals surface area contributed by atoms with Crippen molar-refractivity contribution < 1.29 is 14.3 Å². The van der Waals surface area contributed by atoms with E-state index in [2.05, 4.69) is 10.3 Å². The molecule has 6 nitrogen and oxygen atoms in total. The van der Waals surface area contributed by atoms with Crippen molar-refractivity contribution in [3.05, 3.63) is 18.2 Å². The lowest BCUT2D eigenvalue weighted by Crippen LogP contribution is -2.45. The van der Waals surface area contributed by atoms with Crippen molar-refractivity contribution in [2.24, 2.45) is 11.8 Å². The zero-order valence-corrected chi connectivity index (χ0v) is 15.6. The Labute approximate surface area is 151 Å². The van der Waals surface area contributed by atoms with Gasteiger partial charge >= 0.3 is 0 Å². The number of ether oxygens (including phenoxy) is 1. The Bertz CT molecular complexity index is 787. The van der Waals surface area contributed by atoms with E-state index in [1.165, 1.54) is 11.3 Å². The first-order valence-electron chi connectivity index (χ1n) is 8.52. The van der Waals surface area contributed by atoms with Gasteiger partial charge in [-0.15, -0.1) is 0 Å². The molecule has 0 radical (unpaired) electrons. The van der Waals surface area contributed by atoms with Gasteiger partial charge in [0.1, 0.15) is 5.75 Å². The number of carbonyl (C=O) groups excluding carboxylic acids is 2. The van der Waals surface area contributed by atoms with Gasteiger partial charge in [0.25, 0.3) is 0 Å². The first-order valence-corrected chi connectivity index (χ1v) is 9.34. The number of carbonyl (C=O) groups is 2. The number of hydrogen-bond acceptors (Lipinski definition) is 5. The molecular formula is C18H23N3O3S.